The summed E-state index contributed by atoms with van der Waals surface area (Å²) >= 11 is 0. The lowest BCUT2D eigenvalue weighted by Crippen LogP contribution is -2.43. The van der Waals surface area contributed by atoms with Crippen LogP contribution in [-0.4, -0.2) is 49.7 Å². The van der Waals surface area contributed by atoms with Gasteiger partial charge in [-0.2, -0.15) is 0 Å². The van der Waals surface area contributed by atoms with Crippen LogP contribution in [0.5, 0.6) is 0 Å². The van der Waals surface area contributed by atoms with Crippen molar-refractivity contribution in [3.05, 3.63) is 0 Å². The minimum absolute atomic E-state index is 0.550. The fraction of sp³-hybridized carbons (Fsp3) is 1.00. The second kappa shape index (κ2) is 14.2. The van der Waals surface area contributed by atoms with E-state index in [-0.39, 0.29) is 0 Å². The first-order valence-corrected chi connectivity index (χ1v) is 9.78. The van der Waals surface area contributed by atoms with Crippen LogP contribution in [0.1, 0.15) is 66.7 Å². The van der Waals surface area contributed by atoms with E-state index >= 15 is 0 Å². The van der Waals surface area contributed by atoms with Crippen molar-refractivity contribution in [1.82, 2.24) is 10.2 Å². The Balaban J connectivity index is 3.88. The monoisotopic (exact) mass is 328 g/mol. The molecule has 0 aromatic carbocycles. The van der Waals surface area contributed by atoms with Gasteiger partial charge >= 0.3 is 0 Å². The first-order valence-electron chi connectivity index (χ1n) is 9.78. The number of nitrogens with zero attached hydrogens (tertiary/aromatic N) is 1. The standard InChI is InChI=1S/C19H44N4/c1-16(2)23(12-7-6-9-17(3)13-20)15-19(5)22-11-8-10-18(4)14-21/h16-19,22H,6-15,20-21H2,1-5H3. The van der Waals surface area contributed by atoms with Gasteiger partial charge in [0.2, 0.25) is 0 Å². The molecule has 4 heteroatoms. The molecule has 4 nitrogen and oxygen atoms in total. The molecule has 0 aliphatic rings. The van der Waals surface area contributed by atoms with Crippen molar-refractivity contribution < 1.29 is 0 Å². The van der Waals surface area contributed by atoms with Crippen LogP contribution in [-0.2, 0) is 0 Å². The highest BCUT2D eigenvalue weighted by atomic mass is 15.2. The summed E-state index contributed by atoms with van der Waals surface area (Å²) in [6, 6.07) is 1.16. The van der Waals surface area contributed by atoms with Gasteiger partial charge in [-0.3, -0.25) is 4.90 Å². The Hall–Kier alpha value is -0.160. The normalized spacial score (nSPS) is 16.0. The molecule has 3 unspecified atom stereocenters. The maximum absolute atomic E-state index is 5.69. The van der Waals surface area contributed by atoms with Gasteiger partial charge in [0.15, 0.2) is 0 Å². The zero-order valence-electron chi connectivity index (χ0n) is 16.5. The summed E-state index contributed by atoms with van der Waals surface area (Å²) in [4.78, 5) is 2.60. The van der Waals surface area contributed by atoms with E-state index in [2.05, 4.69) is 44.8 Å². The van der Waals surface area contributed by atoms with Crippen LogP contribution in [0.3, 0.4) is 0 Å². The summed E-state index contributed by atoms with van der Waals surface area (Å²) in [5, 5.41) is 3.67. The van der Waals surface area contributed by atoms with Crippen molar-refractivity contribution >= 4 is 0 Å². The fourth-order valence-electron chi connectivity index (χ4n) is 2.82. The molecule has 23 heavy (non-hydrogen) atoms. The second-order valence-corrected chi connectivity index (χ2v) is 7.76. The van der Waals surface area contributed by atoms with Gasteiger partial charge < -0.3 is 16.8 Å². The van der Waals surface area contributed by atoms with Gasteiger partial charge in [0.25, 0.3) is 0 Å². The van der Waals surface area contributed by atoms with Crippen molar-refractivity contribution in [1.29, 1.82) is 0 Å². The molecule has 0 saturated heterocycles. The third-order valence-electron chi connectivity index (χ3n) is 4.80. The van der Waals surface area contributed by atoms with E-state index in [4.69, 9.17) is 11.5 Å². The quantitative estimate of drug-likeness (QED) is 0.404. The number of nitrogens with one attached hydrogen (secondary N) is 1. The largest absolute Gasteiger partial charge is 0.330 e. The Bertz CT molecular complexity index is 258. The van der Waals surface area contributed by atoms with E-state index in [0.29, 0.717) is 23.9 Å². The molecule has 0 aromatic heterocycles. The van der Waals surface area contributed by atoms with Gasteiger partial charge in [0.05, 0.1) is 0 Å². The Kier molecular flexibility index (Phi) is 14.1. The smallest absolute Gasteiger partial charge is 0.0166 e. The van der Waals surface area contributed by atoms with E-state index in [1.165, 1.54) is 38.6 Å². The van der Waals surface area contributed by atoms with Crippen molar-refractivity contribution in [2.24, 2.45) is 23.3 Å². The Morgan fingerprint density at radius 3 is 1.91 bits per heavy atom. The van der Waals surface area contributed by atoms with Crippen LogP contribution >= 0.6 is 0 Å². The Labute approximate surface area is 145 Å². The summed E-state index contributed by atoms with van der Waals surface area (Å²) in [6.07, 6.45) is 6.28. The molecule has 0 aliphatic carbocycles. The number of rotatable bonds is 15. The van der Waals surface area contributed by atoms with Crippen LogP contribution in [0.15, 0.2) is 0 Å². The average Bonchev–Trinajstić information content (AvgIpc) is 2.53. The van der Waals surface area contributed by atoms with E-state index in [0.717, 1.165) is 26.2 Å². The lowest BCUT2D eigenvalue weighted by molar-refractivity contribution is 0.196. The highest BCUT2D eigenvalue weighted by molar-refractivity contribution is 4.71. The molecule has 0 rings (SSSR count). The van der Waals surface area contributed by atoms with Gasteiger partial charge in [-0.05, 0) is 84.5 Å². The van der Waals surface area contributed by atoms with Crippen molar-refractivity contribution in [2.75, 3.05) is 32.7 Å². The van der Waals surface area contributed by atoms with Crippen LogP contribution in [0.4, 0.5) is 0 Å². The molecule has 0 saturated carbocycles. The highest BCUT2D eigenvalue weighted by Crippen LogP contribution is 2.09. The van der Waals surface area contributed by atoms with Crippen LogP contribution in [0.2, 0.25) is 0 Å². The van der Waals surface area contributed by atoms with Gasteiger partial charge in [-0.1, -0.05) is 20.3 Å². The van der Waals surface area contributed by atoms with Crippen molar-refractivity contribution in [2.45, 2.75) is 78.8 Å². The molecule has 0 aromatic rings. The predicted molar refractivity (Wildman–Crippen MR) is 104 cm³/mol. The molecular formula is C19H44N4. The topological polar surface area (TPSA) is 67.3 Å². The van der Waals surface area contributed by atoms with E-state index < -0.39 is 0 Å². The summed E-state index contributed by atoms with van der Waals surface area (Å²) in [5.41, 5.74) is 11.4. The van der Waals surface area contributed by atoms with E-state index in [9.17, 15) is 0 Å². The van der Waals surface area contributed by atoms with Crippen molar-refractivity contribution in [3.63, 3.8) is 0 Å². The van der Waals surface area contributed by atoms with Crippen molar-refractivity contribution in [3.8, 4) is 0 Å². The second-order valence-electron chi connectivity index (χ2n) is 7.76. The molecule has 0 radical (unpaired) electrons. The molecule has 0 aliphatic heterocycles. The maximum Gasteiger partial charge on any atom is 0.0166 e. The molecule has 0 heterocycles. The fourth-order valence-corrected chi connectivity index (χ4v) is 2.82. The summed E-state index contributed by atoms with van der Waals surface area (Å²) in [7, 11) is 0. The SMILES string of the molecule is CC(CN)CCCCN(CC(C)NCCCC(C)CN)C(C)C. The first-order chi connectivity index (χ1) is 10.9. The van der Waals surface area contributed by atoms with E-state index in [1.807, 2.05) is 0 Å². The van der Waals surface area contributed by atoms with Gasteiger partial charge in [0, 0.05) is 18.6 Å². The molecular weight excluding hydrogens is 284 g/mol. The Morgan fingerprint density at radius 1 is 0.826 bits per heavy atom. The van der Waals surface area contributed by atoms with Crippen LogP contribution in [0.25, 0.3) is 0 Å². The summed E-state index contributed by atoms with van der Waals surface area (Å²) in [5.74, 6) is 1.31. The molecule has 0 bridgehead atoms. The van der Waals surface area contributed by atoms with Gasteiger partial charge in [-0.25, -0.2) is 0 Å². The molecule has 0 amide bonds. The lowest BCUT2D eigenvalue weighted by atomic mass is 10.0. The zero-order valence-corrected chi connectivity index (χ0v) is 16.5. The molecule has 3 atom stereocenters. The average molecular weight is 329 g/mol. The van der Waals surface area contributed by atoms with E-state index in [1.54, 1.807) is 0 Å². The zero-order chi connectivity index (χ0) is 17.7. The maximum atomic E-state index is 5.69. The molecule has 140 valence electrons. The molecule has 5 N–H and O–H groups in total. The lowest BCUT2D eigenvalue weighted by Gasteiger charge is -2.30. The van der Waals surface area contributed by atoms with Gasteiger partial charge in [-0.15, -0.1) is 0 Å². The molecule has 0 spiro atoms. The first kappa shape index (κ1) is 22.8. The minimum atomic E-state index is 0.550. The molecule has 0 fully saturated rings. The minimum Gasteiger partial charge on any atom is -0.330 e. The van der Waals surface area contributed by atoms with Crippen LogP contribution < -0.4 is 16.8 Å². The summed E-state index contributed by atoms with van der Waals surface area (Å²) in [6.45, 7) is 16.5. The third kappa shape index (κ3) is 12.9. The van der Waals surface area contributed by atoms with Gasteiger partial charge in [0.1, 0.15) is 0 Å². The predicted octanol–water partition coefficient (Wildman–Crippen LogP) is 2.82. The van der Waals surface area contributed by atoms with Crippen LogP contribution in [0, 0.1) is 11.8 Å². The number of hydrogen-bond donors (Lipinski definition) is 3. The number of nitrogens with two attached hydrogens (primary N) is 2. The summed E-state index contributed by atoms with van der Waals surface area (Å²) < 4.78 is 0. The number of hydrogen-bond acceptors (Lipinski definition) is 4. The Morgan fingerprint density at radius 2 is 1.39 bits per heavy atom. The number of unbranched alkanes of at least 4 members (excludes halogenated alkanes) is 1. The highest BCUT2D eigenvalue weighted by Gasteiger charge is 2.13. The third-order valence-corrected chi connectivity index (χ3v) is 4.80.